The molecule has 0 aromatic carbocycles. The van der Waals surface area contributed by atoms with Gasteiger partial charge in [0, 0.05) is 0 Å². The van der Waals surface area contributed by atoms with Crippen LogP contribution in [0.15, 0.2) is 0 Å². The zero-order valence-corrected chi connectivity index (χ0v) is 6.05. The van der Waals surface area contributed by atoms with Crippen LogP contribution in [0.3, 0.4) is 0 Å². The van der Waals surface area contributed by atoms with E-state index in [4.69, 9.17) is 0 Å². The van der Waals surface area contributed by atoms with E-state index in [-0.39, 0.29) is 17.8 Å². The lowest BCUT2D eigenvalue weighted by molar-refractivity contribution is -0.148. The van der Waals surface area contributed by atoms with E-state index in [9.17, 15) is 9.59 Å². The highest BCUT2D eigenvalue weighted by molar-refractivity contribution is 6.57. The Labute approximate surface area is 59.9 Å². The first-order valence-electron chi connectivity index (χ1n) is 3.20. The molecule has 0 radical (unpaired) electrons. The molecule has 1 atom stereocenters. The molecule has 1 fully saturated rings. The molecule has 1 saturated heterocycles. The molecule has 0 aromatic heterocycles. The van der Waals surface area contributed by atoms with Gasteiger partial charge < -0.3 is 0 Å². The highest BCUT2D eigenvalue weighted by Gasteiger charge is 2.32. The van der Waals surface area contributed by atoms with Crippen molar-refractivity contribution in [3.05, 3.63) is 0 Å². The van der Waals surface area contributed by atoms with E-state index in [1.165, 1.54) is 12.9 Å². The third-order valence-electron chi connectivity index (χ3n) is 1.46. The topological polar surface area (TPSA) is 49.4 Å². The molecule has 1 N–H and O–H groups in total. The van der Waals surface area contributed by atoms with Crippen molar-refractivity contribution in [3.63, 3.8) is 0 Å². The number of hydrogen-bond acceptors (Lipinski definition) is 2. The number of hydrazine groups is 1. The summed E-state index contributed by atoms with van der Waals surface area (Å²) in [5.74, 6) is -0.206. The van der Waals surface area contributed by atoms with Crippen LogP contribution < -0.4 is 5.43 Å². The van der Waals surface area contributed by atoms with Crippen LogP contribution in [-0.2, 0) is 4.79 Å². The smallest absolute Gasteiger partial charge is 0.243 e. The number of β-lactam (4-membered cyclic amide) rings is 1. The number of amides is 2. The Morgan fingerprint density at radius 3 is 2.70 bits per heavy atom. The van der Waals surface area contributed by atoms with Gasteiger partial charge in [-0.25, -0.2) is 0 Å². The first kappa shape index (κ1) is 7.12. The molecule has 1 aliphatic rings. The average Bonchev–Trinajstić information content (AvgIpc) is 1.84. The summed E-state index contributed by atoms with van der Waals surface area (Å²) < 4.78 is 0. The Bertz CT molecular complexity index is 182. The van der Waals surface area contributed by atoms with Gasteiger partial charge in [0.15, 0.2) is 5.81 Å². The lowest BCUT2D eigenvalue weighted by Crippen LogP contribution is -2.59. The van der Waals surface area contributed by atoms with Crippen molar-refractivity contribution in [2.24, 2.45) is 0 Å². The number of nitrogens with one attached hydrogen (secondary N) is 1. The van der Waals surface area contributed by atoms with Gasteiger partial charge in [0.2, 0.25) is 13.8 Å². The molecular formula is C5H9BN2O2. The Kier molecular flexibility index (Phi) is 1.65. The minimum absolute atomic E-state index is 0.0114. The molecule has 0 aromatic rings. The van der Waals surface area contributed by atoms with Gasteiger partial charge in [0.1, 0.15) is 0 Å². The van der Waals surface area contributed by atoms with Gasteiger partial charge in [-0.3, -0.25) is 20.0 Å². The van der Waals surface area contributed by atoms with Crippen molar-refractivity contribution in [1.82, 2.24) is 10.4 Å². The van der Waals surface area contributed by atoms with Crippen LogP contribution >= 0.6 is 0 Å². The predicted molar refractivity (Wildman–Crippen MR) is 38.0 cm³/mol. The maximum atomic E-state index is 10.7. The van der Waals surface area contributed by atoms with Crippen molar-refractivity contribution in [1.29, 1.82) is 0 Å². The Morgan fingerprint density at radius 1 is 1.90 bits per heavy atom. The molecule has 0 aliphatic carbocycles. The van der Waals surface area contributed by atoms with E-state index in [1.807, 2.05) is 6.92 Å². The van der Waals surface area contributed by atoms with Crippen LogP contribution in [0.4, 0.5) is 4.79 Å². The predicted octanol–water partition coefficient (Wildman–Crippen LogP) is -1.14. The first-order valence-corrected chi connectivity index (χ1v) is 3.20. The van der Waals surface area contributed by atoms with Crippen molar-refractivity contribution in [2.75, 3.05) is 0 Å². The molecule has 54 valence electrons. The second-order valence-corrected chi connectivity index (χ2v) is 2.48. The van der Waals surface area contributed by atoms with Crippen molar-refractivity contribution >= 4 is 19.6 Å². The van der Waals surface area contributed by atoms with Crippen LogP contribution in [0.2, 0.25) is 0 Å². The van der Waals surface area contributed by atoms with Crippen molar-refractivity contribution < 1.29 is 9.59 Å². The molecule has 0 bridgehead atoms. The minimum Gasteiger partial charge on any atom is -0.287 e. The van der Waals surface area contributed by atoms with Gasteiger partial charge in [0.25, 0.3) is 0 Å². The van der Waals surface area contributed by atoms with Gasteiger partial charge in [-0.15, -0.1) is 0 Å². The fraction of sp³-hybridized carbons (Fsp3) is 0.600. The zero-order valence-electron chi connectivity index (χ0n) is 6.05. The molecule has 0 saturated carbocycles. The summed E-state index contributed by atoms with van der Waals surface area (Å²) in [5, 5.41) is 1.35. The van der Waals surface area contributed by atoms with Gasteiger partial charge >= 0.3 is 0 Å². The number of nitrogens with zero attached hydrogens (tertiary/aromatic N) is 1. The number of carbonyl (C=O) groups excluding carboxylic acids is 2. The van der Waals surface area contributed by atoms with E-state index in [0.29, 0.717) is 6.42 Å². The lowest BCUT2D eigenvalue weighted by atomic mass is 10.1. The number of rotatable bonds is 1. The molecule has 1 rings (SSSR count). The quantitative estimate of drug-likeness (QED) is 0.369. The summed E-state index contributed by atoms with van der Waals surface area (Å²) in [4.78, 5) is 21.1. The molecule has 10 heavy (non-hydrogen) atoms. The molecule has 5 heteroatoms. The second kappa shape index (κ2) is 2.32. The van der Waals surface area contributed by atoms with E-state index in [1.54, 1.807) is 0 Å². The maximum Gasteiger partial charge on any atom is 0.243 e. The Hall–Kier alpha value is -0.995. The van der Waals surface area contributed by atoms with Crippen LogP contribution in [0.5, 0.6) is 0 Å². The molecular weight excluding hydrogens is 131 g/mol. The van der Waals surface area contributed by atoms with Crippen molar-refractivity contribution in [2.45, 2.75) is 19.4 Å². The van der Waals surface area contributed by atoms with Crippen molar-refractivity contribution in [3.8, 4) is 0 Å². The van der Waals surface area contributed by atoms with Gasteiger partial charge in [-0.05, 0) is 6.92 Å². The largest absolute Gasteiger partial charge is 0.287 e. The summed E-state index contributed by atoms with van der Waals surface area (Å²) in [5.41, 5.74) is 2.42. The summed E-state index contributed by atoms with van der Waals surface area (Å²) in [7, 11) is 1.39. The summed E-state index contributed by atoms with van der Waals surface area (Å²) in [6.07, 6.45) is 0.542. The highest BCUT2D eigenvalue weighted by Crippen LogP contribution is 2.14. The zero-order chi connectivity index (χ0) is 7.72. The SMILES string of the molecule is BC(=O)NN1C(=O)C[C@@H]1C. The molecule has 1 aliphatic heterocycles. The normalized spacial score (nSPS) is 23.9. The third kappa shape index (κ3) is 1.12. The highest BCUT2D eigenvalue weighted by atomic mass is 16.2. The Balaban J connectivity index is 2.40. The first-order chi connectivity index (χ1) is 4.61. The fourth-order valence-corrected chi connectivity index (χ4v) is 0.918. The average molecular weight is 140 g/mol. The molecule has 0 spiro atoms. The summed E-state index contributed by atoms with van der Waals surface area (Å²) in [6, 6.07) is 0.163. The number of hydrogen-bond donors (Lipinski definition) is 1. The second-order valence-electron chi connectivity index (χ2n) is 2.48. The molecule has 4 nitrogen and oxygen atoms in total. The standard InChI is InChI=1S/C5H9BN2O2/c1-3-2-4(9)8(3)7-5(6)10/h3H,2,6H2,1H3,(H,7,10)/t3-/m0/s1. The van der Waals surface area contributed by atoms with E-state index in [2.05, 4.69) is 5.43 Å². The number of carbonyl (C=O) groups is 2. The molecule has 1 heterocycles. The van der Waals surface area contributed by atoms with Gasteiger partial charge in [-0.1, -0.05) is 0 Å². The van der Waals surface area contributed by atoms with E-state index in [0.717, 1.165) is 0 Å². The van der Waals surface area contributed by atoms with Gasteiger partial charge in [0.05, 0.1) is 12.5 Å². The molecule has 2 amide bonds. The van der Waals surface area contributed by atoms with Gasteiger partial charge in [-0.2, -0.15) is 0 Å². The monoisotopic (exact) mass is 140 g/mol. The minimum atomic E-state index is -0.195. The maximum absolute atomic E-state index is 10.7. The van der Waals surface area contributed by atoms with E-state index >= 15 is 0 Å². The van der Waals surface area contributed by atoms with Crippen LogP contribution in [0, 0.1) is 0 Å². The summed E-state index contributed by atoms with van der Waals surface area (Å²) >= 11 is 0. The van der Waals surface area contributed by atoms with Crippen LogP contribution in [0.25, 0.3) is 0 Å². The summed E-state index contributed by atoms with van der Waals surface area (Å²) in [6.45, 7) is 1.89. The van der Waals surface area contributed by atoms with Crippen LogP contribution in [0.1, 0.15) is 13.3 Å². The fourth-order valence-electron chi connectivity index (χ4n) is 0.918. The third-order valence-corrected chi connectivity index (χ3v) is 1.46. The van der Waals surface area contributed by atoms with Crippen LogP contribution in [-0.4, -0.2) is 30.6 Å². The lowest BCUT2D eigenvalue weighted by Gasteiger charge is -2.37. The Morgan fingerprint density at radius 2 is 2.50 bits per heavy atom. The molecule has 0 unspecified atom stereocenters. The van der Waals surface area contributed by atoms with E-state index < -0.39 is 0 Å².